The molecule has 2 heterocycles. The molecule has 2 amide bonds. The molecular formula is C23H36N4OS. The van der Waals surface area contributed by atoms with Crippen LogP contribution in [0.2, 0.25) is 0 Å². The van der Waals surface area contributed by atoms with E-state index >= 15 is 0 Å². The van der Waals surface area contributed by atoms with Gasteiger partial charge in [-0.1, -0.05) is 38.3 Å². The van der Waals surface area contributed by atoms with E-state index in [2.05, 4.69) is 51.7 Å². The topological polar surface area (TPSA) is 38.8 Å². The molecule has 1 saturated heterocycles. The van der Waals surface area contributed by atoms with Crippen molar-refractivity contribution in [2.75, 3.05) is 51.7 Å². The maximum atomic E-state index is 11.2. The second-order valence-corrected chi connectivity index (χ2v) is 9.13. The lowest BCUT2D eigenvalue weighted by molar-refractivity contribution is 0.209. The molecule has 1 saturated carbocycles. The quantitative estimate of drug-likeness (QED) is 0.793. The van der Waals surface area contributed by atoms with Crippen LogP contribution in [-0.4, -0.2) is 68.7 Å². The number of urea groups is 1. The summed E-state index contributed by atoms with van der Waals surface area (Å²) in [6.45, 7) is 8.12. The number of carbonyl (C=O) groups is 1. The molecule has 160 valence electrons. The fourth-order valence-corrected chi connectivity index (χ4v) is 5.02. The lowest BCUT2D eigenvalue weighted by Gasteiger charge is -2.35. The van der Waals surface area contributed by atoms with E-state index in [0.29, 0.717) is 6.04 Å². The molecule has 0 spiro atoms. The van der Waals surface area contributed by atoms with E-state index < -0.39 is 0 Å². The van der Waals surface area contributed by atoms with Crippen LogP contribution in [0.25, 0.3) is 10.1 Å². The number of rotatable bonds is 3. The summed E-state index contributed by atoms with van der Waals surface area (Å²) < 4.78 is 1.44. The number of likely N-dealkylation sites (N-methyl/N-ethyl adjacent to an activating group) is 1. The van der Waals surface area contributed by atoms with Crippen LogP contribution in [0.4, 0.5) is 10.5 Å². The Morgan fingerprint density at radius 2 is 1.83 bits per heavy atom. The number of amides is 2. The van der Waals surface area contributed by atoms with Crippen LogP contribution in [0.15, 0.2) is 29.6 Å². The zero-order valence-corrected chi connectivity index (χ0v) is 19.0. The molecule has 29 heavy (non-hydrogen) atoms. The summed E-state index contributed by atoms with van der Waals surface area (Å²) in [4.78, 5) is 17.9. The van der Waals surface area contributed by atoms with Crippen LogP contribution in [0.5, 0.6) is 0 Å². The maximum Gasteiger partial charge on any atom is 0.317 e. The van der Waals surface area contributed by atoms with Crippen molar-refractivity contribution in [2.24, 2.45) is 0 Å². The fraction of sp³-hybridized carbons (Fsp3) is 0.609. The highest BCUT2D eigenvalue weighted by atomic mass is 32.1. The molecule has 4 rings (SSSR count). The molecular weight excluding hydrogens is 380 g/mol. The van der Waals surface area contributed by atoms with Gasteiger partial charge in [-0.2, -0.15) is 0 Å². The van der Waals surface area contributed by atoms with Crippen LogP contribution >= 0.6 is 11.3 Å². The number of benzene rings is 1. The number of hydrogen-bond acceptors (Lipinski definition) is 4. The third kappa shape index (κ3) is 6.09. The minimum Gasteiger partial charge on any atom is -0.368 e. The van der Waals surface area contributed by atoms with Gasteiger partial charge in [0, 0.05) is 46.3 Å². The van der Waals surface area contributed by atoms with Gasteiger partial charge >= 0.3 is 6.03 Å². The molecule has 1 aliphatic carbocycles. The second-order valence-electron chi connectivity index (χ2n) is 8.22. The molecule has 2 fully saturated rings. The number of nitrogens with zero attached hydrogens (tertiary/aromatic N) is 3. The number of piperazine rings is 1. The predicted octanol–water partition coefficient (Wildman–Crippen LogP) is 4.63. The number of anilines is 1. The van der Waals surface area contributed by atoms with Crippen molar-refractivity contribution in [1.29, 1.82) is 0 Å². The third-order valence-electron chi connectivity index (χ3n) is 5.96. The summed E-state index contributed by atoms with van der Waals surface area (Å²) in [6, 6.07) is 9.33. The minimum atomic E-state index is 0.0434. The SMILES string of the molecule is CCN1CCN(c2cccc3ccsc23)CC1.CN(C)C(=O)NC1CCCCC1. The fourth-order valence-electron chi connectivity index (χ4n) is 4.08. The van der Waals surface area contributed by atoms with E-state index in [-0.39, 0.29) is 6.03 Å². The summed E-state index contributed by atoms with van der Waals surface area (Å²) >= 11 is 1.86. The number of hydrogen-bond donors (Lipinski definition) is 1. The zero-order chi connectivity index (χ0) is 20.6. The van der Waals surface area contributed by atoms with Crippen LogP contribution in [-0.2, 0) is 0 Å². The molecule has 1 aromatic heterocycles. The van der Waals surface area contributed by atoms with Gasteiger partial charge in [-0.3, -0.25) is 0 Å². The van der Waals surface area contributed by atoms with E-state index in [1.807, 2.05) is 11.3 Å². The predicted molar refractivity (Wildman–Crippen MR) is 125 cm³/mol. The highest BCUT2D eigenvalue weighted by molar-refractivity contribution is 7.17. The summed E-state index contributed by atoms with van der Waals surface area (Å²) in [5.41, 5.74) is 1.42. The van der Waals surface area contributed by atoms with Crippen molar-refractivity contribution in [3.63, 3.8) is 0 Å². The first-order valence-electron chi connectivity index (χ1n) is 11.0. The maximum absolute atomic E-state index is 11.2. The van der Waals surface area contributed by atoms with Gasteiger partial charge in [0.2, 0.25) is 0 Å². The molecule has 6 heteroatoms. The Balaban J connectivity index is 0.000000177. The highest BCUT2D eigenvalue weighted by Crippen LogP contribution is 2.31. The average Bonchev–Trinajstić information content (AvgIpc) is 3.24. The van der Waals surface area contributed by atoms with E-state index in [1.165, 1.54) is 54.7 Å². The number of nitrogens with one attached hydrogen (secondary N) is 1. The normalized spacial score (nSPS) is 18.2. The molecule has 0 atom stereocenters. The monoisotopic (exact) mass is 416 g/mol. The van der Waals surface area contributed by atoms with E-state index in [0.717, 1.165) is 25.9 Å². The lowest BCUT2D eigenvalue weighted by Crippen LogP contribution is -2.46. The second kappa shape index (κ2) is 10.8. The van der Waals surface area contributed by atoms with Gasteiger partial charge < -0.3 is 20.0 Å². The van der Waals surface area contributed by atoms with Crippen molar-refractivity contribution in [1.82, 2.24) is 15.1 Å². The minimum absolute atomic E-state index is 0.0434. The Labute approximate surface area is 179 Å². The molecule has 1 aliphatic heterocycles. The van der Waals surface area contributed by atoms with Crippen molar-refractivity contribution in [2.45, 2.75) is 45.1 Å². The van der Waals surface area contributed by atoms with Gasteiger partial charge in [0.25, 0.3) is 0 Å². The van der Waals surface area contributed by atoms with Crippen LogP contribution in [0, 0.1) is 0 Å². The molecule has 0 bridgehead atoms. The molecule has 2 aliphatic rings. The summed E-state index contributed by atoms with van der Waals surface area (Å²) in [5.74, 6) is 0. The van der Waals surface area contributed by atoms with E-state index in [9.17, 15) is 4.79 Å². The van der Waals surface area contributed by atoms with Gasteiger partial charge in [-0.25, -0.2) is 4.79 Å². The first-order valence-corrected chi connectivity index (χ1v) is 11.9. The highest BCUT2D eigenvalue weighted by Gasteiger charge is 2.18. The number of fused-ring (bicyclic) bond motifs is 1. The molecule has 1 aromatic carbocycles. The Kier molecular flexibility index (Phi) is 8.19. The molecule has 2 aromatic rings. The van der Waals surface area contributed by atoms with Crippen molar-refractivity contribution in [3.05, 3.63) is 29.6 Å². The van der Waals surface area contributed by atoms with Crippen molar-refractivity contribution >= 4 is 33.1 Å². The van der Waals surface area contributed by atoms with Crippen molar-refractivity contribution < 1.29 is 4.79 Å². The first-order chi connectivity index (χ1) is 14.1. The van der Waals surface area contributed by atoms with Gasteiger partial charge in [-0.15, -0.1) is 11.3 Å². The Bertz CT molecular complexity index is 761. The lowest BCUT2D eigenvalue weighted by atomic mass is 9.96. The summed E-state index contributed by atoms with van der Waals surface area (Å²) in [5, 5.41) is 6.58. The van der Waals surface area contributed by atoms with Gasteiger partial charge in [0.15, 0.2) is 0 Å². The van der Waals surface area contributed by atoms with Crippen LogP contribution in [0.3, 0.4) is 0 Å². The standard InChI is InChI=1S/C14H18N2S.C9H18N2O/c1-2-15-7-9-16(10-8-15)13-5-3-4-12-6-11-17-14(12)13;1-11(2)9(12)10-8-6-4-3-5-7-8/h3-6,11H,2,7-10H2,1H3;8H,3-7H2,1-2H3,(H,10,12). The summed E-state index contributed by atoms with van der Waals surface area (Å²) in [6.07, 6.45) is 6.16. The smallest absolute Gasteiger partial charge is 0.317 e. The van der Waals surface area contributed by atoms with Gasteiger partial charge in [0.1, 0.15) is 0 Å². The molecule has 0 unspecified atom stereocenters. The largest absolute Gasteiger partial charge is 0.368 e. The molecule has 1 N–H and O–H groups in total. The van der Waals surface area contributed by atoms with Gasteiger partial charge in [0.05, 0.1) is 10.4 Å². The number of thiophene rings is 1. The van der Waals surface area contributed by atoms with Crippen LogP contribution < -0.4 is 10.2 Å². The third-order valence-corrected chi connectivity index (χ3v) is 6.91. The van der Waals surface area contributed by atoms with E-state index in [4.69, 9.17) is 0 Å². The Morgan fingerprint density at radius 3 is 2.48 bits per heavy atom. The zero-order valence-electron chi connectivity index (χ0n) is 18.2. The van der Waals surface area contributed by atoms with Crippen molar-refractivity contribution in [3.8, 4) is 0 Å². The number of carbonyl (C=O) groups excluding carboxylic acids is 1. The Morgan fingerprint density at radius 1 is 1.10 bits per heavy atom. The molecule has 0 radical (unpaired) electrons. The Hall–Kier alpha value is -1.79. The average molecular weight is 417 g/mol. The summed E-state index contributed by atoms with van der Waals surface area (Å²) in [7, 11) is 3.55. The van der Waals surface area contributed by atoms with E-state index in [1.54, 1.807) is 19.0 Å². The first kappa shape index (κ1) is 21.9. The van der Waals surface area contributed by atoms with Gasteiger partial charge in [-0.05, 0) is 42.3 Å². The molecule has 5 nitrogen and oxygen atoms in total. The van der Waals surface area contributed by atoms with Crippen LogP contribution in [0.1, 0.15) is 39.0 Å².